The highest BCUT2D eigenvalue weighted by Gasteiger charge is 2.00. The van der Waals surface area contributed by atoms with Gasteiger partial charge in [-0.05, 0) is 35.7 Å². The summed E-state index contributed by atoms with van der Waals surface area (Å²) in [6.45, 7) is 1.59. The van der Waals surface area contributed by atoms with E-state index in [9.17, 15) is 0 Å². The average molecular weight is 461 g/mol. The van der Waals surface area contributed by atoms with Crippen LogP contribution in [0.25, 0.3) is 5.69 Å². The van der Waals surface area contributed by atoms with Gasteiger partial charge >= 0.3 is 0 Å². The van der Waals surface area contributed by atoms with Gasteiger partial charge < -0.3 is 10.6 Å². The van der Waals surface area contributed by atoms with Gasteiger partial charge in [-0.2, -0.15) is 5.10 Å². The second kappa shape index (κ2) is 10.6. The van der Waals surface area contributed by atoms with E-state index < -0.39 is 0 Å². The molecule has 0 bridgehead atoms. The average Bonchev–Trinajstić information content (AvgIpc) is 3.20. The first-order valence-corrected chi connectivity index (χ1v) is 8.42. The number of nitrogens with one attached hydrogen (secondary N) is 2. The van der Waals surface area contributed by atoms with Crippen LogP contribution in [-0.4, -0.2) is 29.3 Å². The highest BCUT2D eigenvalue weighted by Crippen LogP contribution is 2.08. The molecule has 3 aromatic rings. The standard InChI is InChI=1S/C20H23N5.HI/c1-21-20(23-16-18-6-3-2-4-7-18)22-14-12-17-8-10-19(11-9-17)25-15-5-13-24-25;/h2-11,13,15H,12,14,16H2,1H3,(H2,21,22,23);1H. The van der Waals surface area contributed by atoms with Crippen LogP contribution >= 0.6 is 24.0 Å². The van der Waals surface area contributed by atoms with E-state index in [0.717, 1.165) is 31.2 Å². The lowest BCUT2D eigenvalue weighted by molar-refractivity contribution is 0.794. The summed E-state index contributed by atoms with van der Waals surface area (Å²) < 4.78 is 1.86. The monoisotopic (exact) mass is 461 g/mol. The number of guanidine groups is 1. The zero-order chi connectivity index (χ0) is 17.3. The summed E-state index contributed by atoms with van der Waals surface area (Å²) in [6.07, 6.45) is 4.66. The lowest BCUT2D eigenvalue weighted by Crippen LogP contribution is -2.37. The maximum absolute atomic E-state index is 4.26. The summed E-state index contributed by atoms with van der Waals surface area (Å²) in [5.41, 5.74) is 3.59. The zero-order valence-corrected chi connectivity index (χ0v) is 17.1. The van der Waals surface area contributed by atoms with E-state index >= 15 is 0 Å². The molecular weight excluding hydrogens is 437 g/mol. The number of hydrogen-bond acceptors (Lipinski definition) is 2. The van der Waals surface area contributed by atoms with Crippen LogP contribution in [0.4, 0.5) is 0 Å². The van der Waals surface area contributed by atoms with Crippen LogP contribution in [0.2, 0.25) is 0 Å². The summed E-state index contributed by atoms with van der Waals surface area (Å²) in [6, 6.07) is 20.7. The van der Waals surface area contributed by atoms with Crippen molar-refractivity contribution in [2.45, 2.75) is 13.0 Å². The summed E-state index contributed by atoms with van der Waals surface area (Å²) in [4.78, 5) is 4.26. The van der Waals surface area contributed by atoms with Crippen LogP contribution in [0.15, 0.2) is 78.0 Å². The Morgan fingerprint density at radius 3 is 2.38 bits per heavy atom. The molecule has 1 aromatic heterocycles. The van der Waals surface area contributed by atoms with Crippen LogP contribution in [0.5, 0.6) is 0 Å². The zero-order valence-electron chi connectivity index (χ0n) is 14.8. The molecule has 2 aromatic carbocycles. The van der Waals surface area contributed by atoms with Gasteiger partial charge in [0, 0.05) is 32.5 Å². The minimum Gasteiger partial charge on any atom is -0.356 e. The van der Waals surface area contributed by atoms with E-state index in [1.807, 2.05) is 35.1 Å². The highest BCUT2D eigenvalue weighted by molar-refractivity contribution is 14.0. The van der Waals surface area contributed by atoms with Crippen LogP contribution in [0, 0.1) is 0 Å². The first kappa shape index (κ1) is 20.0. The van der Waals surface area contributed by atoms with E-state index in [4.69, 9.17) is 0 Å². The maximum Gasteiger partial charge on any atom is 0.191 e. The van der Waals surface area contributed by atoms with Crippen LogP contribution in [0.1, 0.15) is 11.1 Å². The summed E-state index contributed by atoms with van der Waals surface area (Å²) >= 11 is 0. The minimum absolute atomic E-state index is 0. The molecule has 0 saturated carbocycles. The fourth-order valence-corrected chi connectivity index (χ4v) is 2.56. The highest BCUT2D eigenvalue weighted by atomic mass is 127. The van der Waals surface area contributed by atoms with E-state index in [2.05, 4.69) is 57.1 Å². The molecule has 0 saturated heterocycles. The third kappa shape index (κ3) is 5.87. The second-order valence-electron chi connectivity index (χ2n) is 5.71. The number of hydrogen-bond donors (Lipinski definition) is 2. The van der Waals surface area contributed by atoms with Gasteiger partial charge in [0.25, 0.3) is 0 Å². The third-order valence-corrected chi connectivity index (χ3v) is 3.94. The molecule has 5 nitrogen and oxygen atoms in total. The van der Waals surface area contributed by atoms with Crippen molar-refractivity contribution in [2.75, 3.05) is 13.6 Å². The van der Waals surface area contributed by atoms with Crippen molar-refractivity contribution in [1.82, 2.24) is 20.4 Å². The molecule has 6 heteroatoms. The van der Waals surface area contributed by atoms with Crippen molar-refractivity contribution in [3.8, 4) is 5.69 Å². The molecule has 0 spiro atoms. The summed E-state index contributed by atoms with van der Waals surface area (Å²) in [7, 11) is 1.79. The van der Waals surface area contributed by atoms with Crippen LogP contribution in [0.3, 0.4) is 0 Å². The van der Waals surface area contributed by atoms with E-state index in [1.54, 1.807) is 13.2 Å². The van der Waals surface area contributed by atoms with Crippen molar-refractivity contribution in [3.05, 3.63) is 84.2 Å². The number of benzene rings is 2. The molecule has 0 atom stereocenters. The minimum atomic E-state index is 0. The van der Waals surface area contributed by atoms with Crippen molar-refractivity contribution >= 4 is 29.9 Å². The van der Waals surface area contributed by atoms with Gasteiger partial charge in [0.1, 0.15) is 0 Å². The van der Waals surface area contributed by atoms with Crippen molar-refractivity contribution in [2.24, 2.45) is 4.99 Å². The van der Waals surface area contributed by atoms with Crippen LogP contribution < -0.4 is 10.6 Å². The molecule has 0 radical (unpaired) electrons. The van der Waals surface area contributed by atoms with Gasteiger partial charge in [-0.3, -0.25) is 4.99 Å². The van der Waals surface area contributed by atoms with E-state index in [0.29, 0.717) is 0 Å². The molecule has 0 fully saturated rings. The Hall–Kier alpha value is -2.35. The number of halogens is 1. The lowest BCUT2D eigenvalue weighted by Gasteiger charge is -2.12. The fourth-order valence-electron chi connectivity index (χ4n) is 2.56. The fraction of sp³-hybridized carbons (Fsp3) is 0.200. The Labute approximate surface area is 171 Å². The summed E-state index contributed by atoms with van der Waals surface area (Å²) in [5.74, 6) is 0.817. The van der Waals surface area contributed by atoms with Gasteiger partial charge in [0.15, 0.2) is 5.96 Å². The molecule has 0 unspecified atom stereocenters. The maximum atomic E-state index is 4.26. The third-order valence-electron chi connectivity index (χ3n) is 3.94. The topological polar surface area (TPSA) is 54.2 Å². The quantitative estimate of drug-likeness (QED) is 0.336. The number of rotatable bonds is 6. The second-order valence-corrected chi connectivity index (χ2v) is 5.71. The van der Waals surface area contributed by atoms with Gasteiger partial charge in [0.05, 0.1) is 5.69 Å². The molecule has 2 N–H and O–H groups in total. The first-order chi connectivity index (χ1) is 12.3. The molecule has 0 aliphatic heterocycles. The Balaban J connectivity index is 0.00000243. The molecule has 136 valence electrons. The van der Waals surface area contributed by atoms with Gasteiger partial charge in [-0.25, -0.2) is 4.68 Å². The Morgan fingerprint density at radius 2 is 1.73 bits per heavy atom. The SMILES string of the molecule is CN=C(NCCc1ccc(-n2cccn2)cc1)NCc1ccccc1.I. The lowest BCUT2D eigenvalue weighted by atomic mass is 10.1. The predicted molar refractivity (Wildman–Crippen MR) is 117 cm³/mol. The van der Waals surface area contributed by atoms with Crippen molar-refractivity contribution in [3.63, 3.8) is 0 Å². The predicted octanol–water partition coefficient (Wildman–Crippen LogP) is 3.40. The molecule has 1 heterocycles. The van der Waals surface area contributed by atoms with Gasteiger partial charge in [-0.1, -0.05) is 42.5 Å². The van der Waals surface area contributed by atoms with Crippen molar-refractivity contribution in [1.29, 1.82) is 0 Å². The number of nitrogens with zero attached hydrogens (tertiary/aromatic N) is 3. The number of aliphatic imine (C=N–C) groups is 1. The van der Waals surface area contributed by atoms with Crippen molar-refractivity contribution < 1.29 is 0 Å². The molecule has 0 amide bonds. The molecule has 0 aliphatic rings. The molecular formula is C20H24IN5. The smallest absolute Gasteiger partial charge is 0.191 e. The van der Waals surface area contributed by atoms with E-state index in [-0.39, 0.29) is 24.0 Å². The van der Waals surface area contributed by atoms with Gasteiger partial charge in [0.2, 0.25) is 0 Å². The van der Waals surface area contributed by atoms with Crippen LogP contribution in [-0.2, 0) is 13.0 Å². The number of aromatic nitrogens is 2. The Bertz CT molecular complexity index is 783. The molecule has 26 heavy (non-hydrogen) atoms. The van der Waals surface area contributed by atoms with E-state index in [1.165, 1.54) is 11.1 Å². The Morgan fingerprint density at radius 1 is 0.962 bits per heavy atom. The van der Waals surface area contributed by atoms with Gasteiger partial charge in [-0.15, -0.1) is 24.0 Å². The molecule has 3 rings (SSSR count). The summed E-state index contributed by atoms with van der Waals surface area (Å²) in [5, 5.41) is 10.9. The molecule has 0 aliphatic carbocycles. The largest absolute Gasteiger partial charge is 0.356 e. The normalized spacial score (nSPS) is 10.9. The Kier molecular flexibility index (Phi) is 8.14. The first-order valence-electron chi connectivity index (χ1n) is 8.42.